The van der Waals surface area contributed by atoms with Crippen LogP contribution < -0.4 is 0 Å². The fraction of sp³-hybridized carbons (Fsp3) is 0.300. The Bertz CT molecular complexity index is 829. The number of aromatic nitrogens is 1. The van der Waals surface area contributed by atoms with Crippen LogP contribution in [0.1, 0.15) is 29.9 Å². The van der Waals surface area contributed by atoms with E-state index >= 15 is 0 Å². The van der Waals surface area contributed by atoms with Crippen LogP contribution in [-0.4, -0.2) is 23.0 Å². The van der Waals surface area contributed by atoms with E-state index in [0.717, 1.165) is 38.0 Å². The monoisotopic (exact) mass is 341 g/mol. The fourth-order valence-electron chi connectivity index (χ4n) is 3.69. The zero-order chi connectivity index (χ0) is 16.5. The van der Waals surface area contributed by atoms with Crippen LogP contribution in [0, 0.1) is 12.0 Å². The predicted octanol–water partition coefficient (Wildman–Crippen LogP) is 5.14. The summed E-state index contributed by atoms with van der Waals surface area (Å²) < 4.78 is 14.1. The summed E-state index contributed by atoms with van der Waals surface area (Å²) in [5.74, 6) is 0.0350. The number of para-hydroxylation sites is 1. The molecule has 1 saturated heterocycles. The number of hydrogen-bond acceptors (Lipinski definition) is 1. The zero-order valence-corrected chi connectivity index (χ0v) is 14.1. The average Bonchev–Trinajstić information content (AvgIpc) is 2.99. The molecule has 0 aliphatic carbocycles. The van der Waals surface area contributed by atoms with Crippen molar-refractivity contribution in [3.8, 4) is 0 Å². The maximum atomic E-state index is 14.1. The lowest BCUT2D eigenvalue weighted by Crippen LogP contribution is -2.32. The first kappa shape index (κ1) is 15.7. The molecule has 123 valence electrons. The van der Waals surface area contributed by atoms with Crippen LogP contribution in [0.5, 0.6) is 0 Å². The van der Waals surface area contributed by atoms with Gasteiger partial charge in [0.05, 0.1) is 6.20 Å². The number of fused-ring (bicyclic) bond motifs is 1. The van der Waals surface area contributed by atoms with Crippen LogP contribution in [-0.2, 0) is 6.54 Å². The van der Waals surface area contributed by atoms with Crippen molar-refractivity contribution in [2.75, 3.05) is 13.1 Å². The van der Waals surface area contributed by atoms with Crippen molar-refractivity contribution in [3.63, 3.8) is 0 Å². The molecule has 2 heterocycles. The predicted molar refractivity (Wildman–Crippen MR) is 95.8 cm³/mol. The third-order valence-corrected chi connectivity index (χ3v) is 5.31. The minimum absolute atomic E-state index is 0.175. The van der Waals surface area contributed by atoms with Gasteiger partial charge in [-0.2, -0.15) is 0 Å². The van der Waals surface area contributed by atoms with Crippen molar-refractivity contribution in [3.05, 3.63) is 70.6 Å². The lowest BCUT2D eigenvalue weighted by atomic mass is 9.89. The van der Waals surface area contributed by atoms with E-state index in [2.05, 4.69) is 34.3 Å². The first-order chi connectivity index (χ1) is 11.7. The molecule has 1 radical (unpaired) electrons. The molecule has 0 unspecified atom stereocenters. The number of rotatable bonds is 3. The van der Waals surface area contributed by atoms with Crippen molar-refractivity contribution in [2.45, 2.75) is 25.3 Å². The highest BCUT2D eigenvalue weighted by molar-refractivity contribution is 6.31. The number of benzene rings is 2. The van der Waals surface area contributed by atoms with Gasteiger partial charge in [0, 0.05) is 33.6 Å². The maximum Gasteiger partial charge on any atom is 0.128 e. The molecule has 1 aliphatic heterocycles. The van der Waals surface area contributed by atoms with E-state index in [9.17, 15) is 4.39 Å². The Morgan fingerprint density at radius 3 is 2.71 bits per heavy atom. The van der Waals surface area contributed by atoms with Gasteiger partial charge in [-0.05, 0) is 50.0 Å². The van der Waals surface area contributed by atoms with E-state index in [1.807, 2.05) is 6.07 Å². The zero-order valence-electron chi connectivity index (χ0n) is 13.4. The molecule has 1 N–H and O–H groups in total. The lowest BCUT2D eigenvalue weighted by Gasteiger charge is -2.32. The van der Waals surface area contributed by atoms with Gasteiger partial charge in [0.2, 0.25) is 0 Å². The van der Waals surface area contributed by atoms with Gasteiger partial charge in [0.1, 0.15) is 5.82 Å². The van der Waals surface area contributed by atoms with Gasteiger partial charge < -0.3 is 4.98 Å². The fourth-order valence-corrected chi connectivity index (χ4v) is 4.01. The average molecular weight is 342 g/mol. The van der Waals surface area contributed by atoms with E-state index in [1.165, 1.54) is 17.0 Å². The van der Waals surface area contributed by atoms with Crippen molar-refractivity contribution in [1.82, 2.24) is 9.88 Å². The minimum atomic E-state index is -0.175. The van der Waals surface area contributed by atoms with Crippen molar-refractivity contribution >= 4 is 22.5 Å². The molecule has 0 atom stereocenters. The molecule has 4 heteroatoms. The Morgan fingerprint density at radius 2 is 1.92 bits per heavy atom. The van der Waals surface area contributed by atoms with E-state index in [0.29, 0.717) is 10.6 Å². The molecule has 1 aromatic heterocycles. The summed E-state index contributed by atoms with van der Waals surface area (Å²) in [6.07, 6.45) is 5.14. The number of H-pyrrole nitrogens is 1. The first-order valence-corrected chi connectivity index (χ1v) is 8.73. The molecule has 0 saturated carbocycles. The van der Waals surface area contributed by atoms with E-state index in [1.54, 1.807) is 12.1 Å². The maximum absolute atomic E-state index is 14.1. The van der Waals surface area contributed by atoms with Gasteiger partial charge in [-0.3, -0.25) is 4.90 Å². The topological polar surface area (TPSA) is 19.0 Å². The third kappa shape index (κ3) is 2.94. The number of piperidine rings is 1. The van der Waals surface area contributed by atoms with Crippen LogP contribution in [0.3, 0.4) is 0 Å². The molecule has 0 amide bonds. The van der Waals surface area contributed by atoms with Crippen LogP contribution in [0.4, 0.5) is 4.39 Å². The highest BCUT2D eigenvalue weighted by Gasteiger charge is 2.25. The highest BCUT2D eigenvalue weighted by Crippen LogP contribution is 2.35. The van der Waals surface area contributed by atoms with Gasteiger partial charge in [-0.1, -0.05) is 35.9 Å². The van der Waals surface area contributed by atoms with Gasteiger partial charge in [-0.15, -0.1) is 0 Å². The van der Waals surface area contributed by atoms with Gasteiger partial charge in [0.15, 0.2) is 0 Å². The molecular weight excluding hydrogens is 323 g/mol. The summed E-state index contributed by atoms with van der Waals surface area (Å²) in [4.78, 5) is 5.62. The molecule has 3 aromatic rings. The molecule has 24 heavy (non-hydrogen) atoms. The smallest absolute Gasteiger partial charge is 0.128 e. The molecular formula is C20H19ClFN2. The lowest BCUT2D eigenvalue weighted by molar-refractivity contribution is 0.204. The number of halogens is 2. The quantitative estimate of drug-likeness (QED) is 0.698. The number of hydrogen-bond donors (Lipinski definition) is 1. The van der Waals surface area contributed by atoms with Crippen LogP contribution >= 0.6 is 11.6 Å². The van der Waals surface area contributed by atoms with E-state index in [4.69, 9.17) is 11.6 Å². The summed E-state index contributed by atoms with van der Waals surface area (Å²) in [5, 5.41) is 1.79. The molecule has 0 bridgehead atoms. The summed E-state index contributed by atoms with van der Waals surface area (Å²) in [6, 6.07) is 13.2. The largest absolute Gasteiger partial charge is 0.353 e. The van der Waals surface area contributed by atoms with Crippen molar-refractivity contribution in [1.29, 1.82) is 0 Å². The second-order valence-corrected chi connectivity index (χ2v) is 6.87. The van der Waals surface area contributed by atoms with Gasteiger partial charge >= 0.3 is 0 Å². The summed E-state index contributed by atoms with van der Waals surface area (Å²) in [6.45, 7) is 2.77. The SMILES string of the molecule is Fc1cccc(Cl)c1C1CCN(Cc2[c][nH]c3ccccc23)CC1. The Hall–Kier alpha value is -1.84. The van der Waals surface area contributed by atoms with Crippen LogP contribution in [0.25, 0.3) is 10.9 Å². The molecule has 1 aliphatic rings. The number of aromatic amines is 1. The van der Waals surface area contributed by atoms with Crippen LogP contribution in [0.15, 0.2) is 42.5 Å². The third-order valence-electron chi connectivity index (χ3n) is 4.98. The molecule has 2 nitrogen and oxygen atoms in total. The molecule has 0 spiro atoms. The van der Waals surface area contributed by atoms with Gasteiger partial charge in [-0.25, -0.2) is 4.39 Å². The first-order valence-electron chi connectivity index (χ1n) is 8.36. The number of likely N-dealkylation sites (tertiary alicyclic amines) is 1. The number of nitrogens with zero attached hydrogens (tertiary/aromatic N) is 1. The summed E-state index contributed by atoms with van der Waals surface area (Å²) >= 11 is 6.22. The van der Waals surface area contributed by atoms with Crippen molar-refractivity contribution in [2.24, 2.45) is 0 Å². The summed E-state index contributed by atoms with van der Waals surface area (Å²) in [5.41, 5.74) is 3.02. The van der Waals surface area contributed by atoms with Crippen molar-refractivity contribution < 1.29 is 4.39 Å². The highest BCUT2D eigenvalue weighted by atomic mass is 35.5. The Morgan fingerprint density at radius 1 is 1.12 bits per heavy atom. The second kappa shape index (κ2) is 6.58. The Kier molecular flexibility index (Phi) is 4.30. The molecule has 4 rings (SSSR count). The normalized spacial score (nSPS) is 16.8. The molecule has 2 aromatic carbocycles. The molecule has 1 fully saturated rings. The van der Waals surface area contributed by atoms with E-state index in [-0.39, 0.29) is 11.7 Å². The Balaban J connectivity index is 1.45. The Labute approximate surface area is 146 Å². The van der Waals surface area contributed by atoms with Crippen LogP contribution in [0.2, 0.25) is 5.02 Å². The minimum Gasteiger partial charge on any atom is -0.353 e. The number of nitrogens with one attached hydrogen (secondary N) is 1. The standard InChI is InChI=1S/C20H19ClFN2/c21-17-5-3-6-18(22)20(17)14-8-10-24(11-9-14)13-15-12-23-19-7-2-1-4-16(15)19/h1-7,14,23H,8-11,13H2. The summed E-state index contributed by atoms with van der Waals surface area (Å²) in [7, 11) is 0. The van der Waals surface area contributed by atoms with E-state index < -0.39 is 0 Å². The van der Waals surface area contributed by atoms with Gasteiger partial charge in [0.25, 0.3) is 0 Å². The second-order valence-electron chi connectivity index (χ2n) is 6.46.